The van der Waals surface area contributed by atoms with Crippen molar-refractivity contribution in [1.29, 1.82) is 0 Å². The van der Waals surface area contributed by atoms with Gasteiger partial charge in [0, 0.05) is 0 Å². The van der Waals surface area contributed by atoms with Crippen molar-refractivity contribution >= 4 is 0 Å². The highest BCUT2D eigenvalue weighted by Gasteiger charge is 1.95. The highest BCUT2D eigenvalue weighted by molar-refractivity contribution is 5.05. The first-order valence-electron chi connectivity index (χ1n) is 5.42. The zero-order valence-corrected chi connectivity index (χ0v) is 12.1. The molecule has 0 radical (unpaired) electrons. The van der Waals surface area contributed by atoms with Crippen LogP contribution < -0.4 is 0 Å². The lowest BCUT2D eigenvalue weighted by Gasteiger charge is -2.05. The molecule has 0 saturated carbocycles. The van der Waals surface area contributed by atoms with Gasteiger partial charge in [0.15, 0.2) is 0 Å². The molecule has 0 aromatic heterocycles. The summed E-state index contributed by atoms with van der Waals surface area (Å²) in [6, 6.07) is 0. The molecule has 0 aliphatic rings. The van der Waals surface area contributed by atoms with Gasteiger partial charge in [-0.1, -0.05) is 64.2 Å². The Kier molecular flexibility index (Phi) is 14.9. The number of allylic oxidation sites excluding steroid dienone is 4. The molecule has 0 unspecified atom stereocenters. The van der Waals surface area contributed by atoms with E-state index in [1.807, 2.05) is 13.8 Å². The Hall–Kier alpha value is -0.780. The number of hydrogen-bond donors (Lipinski definition) is 0. The van der Waals surface area contributed by atoms with Crippen LogP contribution in [0, 0.1) is 5.41 Å². The lowest BCUT2D eigenvalue weighted by atomic mass is 10.0. The van der Waals surface area contributed by atoms with E-state index in [0.717, 1.165) is 5.57 Å². The van der Waals surface area contributed by atoms with E-state index in [9.17, 15) is 0 Å². The lowest BCUT2D eigenvalue weighted by molar-refractivity contribution is 0.469. The van der Waals surface area contributed by atoms with Gasteiger partial charge >= 0.3 is 0 Å². The molecule has 0 saturated heterocycles. The molecular formula is C15H30. The van der Waals surface area contributed by atoms with Crippen LogP contribution in [-0.4, -0.2) is 0 Å². The molecule has 0 atom stereocenters. The molecule has 0 aliphatic heterocycles. The van der Waals surface area contributed by atoms with Gasteiger partial charge in [0.25, 0.3) is 0 Å². The zero-order chi connectivity index (χ0) is 13.1. The SMILES string of the molecule is C=CC(=C)C.CC(C)(C)C.CC=C(C)C. The Bertz CT molecular complexity index is 177. The fourth-order valence-corrected chi connectivity index (χ4v) is 0. The maximum atomic E-state index is 3.56. The second kappa shape index (κ2) is 11.3. The Labute approximate surface area is 97.8 Å². The molecule has 0 nitrogen and oxygen atoms in total. The van der Waals surface area contributed by atoms with Gasteiger partial charge in [-0.2, -0.15) is 0 Å². The summed E-state index contributed by atoms with van der Waals surface area (Å²) >= 11 is 0. The molecule has 0 N–H and O–H groups in total. The van der Waals surface area contributed by atoms with Crippen molar-refractivity contribution in [2.45, 2.75) is 55.4 Å². The van der Waals surface area contributed by atoms with Crippen LogP contribution in [0.5, 0.6) is 0 Å². The van der Waals surface area contributed by atoms with Crippen molar-refractivity contribution in [1.82, 2.24) is 0 Å². The standard InChI is InChI=1S/C5H12.C5H10.C5H8/c1-5(2,3)4;2*1-4-5(2)3/h1-4H3;4H,1-3H3;4H,1-2H2,3H3. The van der Waals surface area contributed by atoms with Crippen LogP contribution in [0.4, 0.5) is 0 Å². The van der Waals surface area contributed by atoms with Crippen LogP contribution in [-0.2, 0) is 0 Å². The summed E-state index contributed by atoms with van der Waals surface area (Å²) in [5.41, 5.74) is 2.90. The van der Waals surface area contributed by atoms with E-state index in [4.69, 9.17) is 0 Å². The zero-order valence-electron chi connectivity index (χ0n) is 12.1. The van der Waals surface area contributed by atoms with Gasteiger partial charge in [-0.3, -0.25) is 0 Å². The van der Waals surface area contributed by atoms with Crippen LogP contribution in [0.25, 0.3) is 0 Å². The molecule has 0 aliphatic carbocycles. The van der Waals surface area contributed by atoms with Gasteiger partial charge < -0.3 is 0 Å². The minimum absolute atomic E-state index is 0.500. The van der Waals surface area contributed by atoms with E-state index < -0.39 is 0 Å². The van der Waals surface area contributed by atoms with E-state index in [-0.39, 0.29) is 0 Å². The van der Waals surface area contributed by atoms with Gasteiger partial charge in [-0.25, -0.2) is 0 Å². The Morgan fingerprint density at radius 2 is 1.13 bits per heavy atom. The van der Waals surface area contributed by atoms with Gasteiger partial charge in [0.1, 0.15) is 0 Å². The molecule has 0 bridgehead atoms. The highest BCUT2D eigenvalue weighted by Crippen LogP contribution is 2.08. The van der Waals surface area contributed by atoms with Gasteiger partial charge in [-0.05, 0) is 33.1 Å². The molecule has 0 fully saturated rings. The molecule has 0 spiro atoms. The van der Waals surface area contributed by atoms with Crippen molar-refractivity contribution in [3.63, 3.8) is 0 Å². The normalized spacial score (nSPS) is 8.53. The molecule has 0 amide bonds. The molecule has 0 heterocycles. The van der Waals surface area contributed by atoms with Crippen LogP contribution in [0.15, 0.2) is 36.5 Å². The third-order valence-corrected chi connectivity index (χ3v) is 0.926. The summed E-state index contributed by atoms with van der Waals surface area (Å²) in [5, 5.41) is 0. The first-order chi connectivity index (χ1) is 6.54. The summed E-state index contributed by atoms with van der Waals surface area (Å²) in [5.74, 6) is 0. The molecule has 0 heteroatoms. The minimum atomic E-state index is 0.500. The third-order valence-electron chi connectivity index (χ3n) is 0.926. The smallest absolute Gasteiger partial charge is 0.0404 e. The monoisotopic (exact) mass is 210 g/mol. The Morgan fingerprint density at radius 1 is 1.00 bits per heavy atom. The first kappa shape index (κ1) is 19.7. The number of hydrogen-bond acceptors (Lipinski definition) is 0. The summed E-state index contributed by atoms with van der Waals surface area (Å²) in [6.07, 6.45) is 3.81. The van der Waals surface area contributed by atoms with Crippen LogP contribution in [0.3, 0.4) is 0 Å². The molecule has 15 heavy (non-hydrogen) atoms. The highest BCUT2D eigenvalue weighted by atomic mass is 14.0. The molecule has 0 aromatic carbocycles. The molecule has 0 rings (SSSR count). The van der Waals surface area contributed by atoms with E-state index in [0.29, 0.717) is 5.41 Å². The third kappa shape index (κ3) is 161. The van der Waals surface area contributed by atoms with Gasteiger partial charge in [-0.15, -0.1) is 0 Å². The van der Waals surface area contributed by atoms with Gasteiger partial charge in [0.2, 0.25) is 0 Å². The predicted molar refractivity (Wildman–Crippen MR) is 75.2 cm³/mol. The second-order valence-corrected chi connectivity index (χ2v) is 5.42. The van der Waals surface area contributed by atoms with E-state index in [2.05, 4.69) is 60.8 Å². The van der Waals surface area contributed by atoms with Gasteiger partial charge in [0.05, 0.1) is 0 Å². The first-order valence-corrected chi connectivity index (χ1v) is 5.42. The summed E-state index contributed by atoms with van der Waals surface area (Å²) < 4.78 is 0. The van der Waals surface area contributed by atoms with Crippen molar-refractivity contribution in [3.8, 4) is 0 Å². The minimum Gasteiger partial charge on any atom is -0.0988 e. The van der Waals surface area contributed by atoms with Crippen LogP contribution >= 0.6 is 0 Å². The molecular weight excluding hydrogens is 180 g/mol. The predicted octanol–water partition coefficient (Wildman–Crippen LogP) is 5.77. The molecule has 90 valence electrons. The summed E-state index contributed by atoms with van der Waals surface area (Å²) in [7, 11) is 0. The average molecular weight is 210 g/mol. The topological polar surface area (TPSA) is 0 Å². The van der Waals surface area contributed by atoms with Crippen molar-refractivity contribution in [2.75, 3.05) is 0 Å². The van der Waals surface area contributed by atoms with Crippen LogP contribution in [0.2, 0.25) is 0 Å². The fourth-order valence-electron chi connectivity index (χ4n) is 0. The summed E-state index contributed by atoms with van der Waals surface area (Å²) in [4.78, 5) is 0. The average Bonchev–Trinajstić information content (AvgIpc) is 2.02. The van der Waals surface area contributed by atoms with E-state index in [1.165, 1.54) is 5.57 Å². The van der Waals surface area contributed by atoms with Crippen molar-refractivity contribution < 1.29 is 0 Å². The van der Waals surface area contributed by atoms with Crippen LogP contribution in [0.1, 0.15) is 55.4 Å². The Morgan fingerprint density at radius 3 is 1.13 bits per heavy atom. The largest absolute Gasteiger partial charge is 0.0988 e. The van der Waals surface area contributed by atoms with Crippen molar-refractivity contribution in [3.05, 3.63) is 36.5 Å². The van der Waals surface area contributed by atoms with E-state index >= 15 is 0 Å². The maximum Gasteiger partial charge on any atom is -0.0404 e. The van der Waals surface area contributed by atoms with E-state index in [1.54, 1.807) is 6.08 Å². The second-order valence-electron chi connectivity index (χ2n) is 5.42. The Balaban J connectivity index is -0.000000144. The van der Waals surface area contributed by atoms with Crippen molar-refractivity contribution in [2.24, 2.45) is 5.41 Å². The fraction of sp³-hybridized carbons (Fsp3) is 0.600. The maximum absolute atomic E-state index is 3.56. The quantitative estimate of drug-likeness (QED) is 0.380. The molecule has 0 aromatic rings. The lowest BCUT2D eigenvalue weighted by Crippen LogP contribution is -1.93. The summed E-state index contributed by atoms with van der Waals surface area (Å²) in [6.45, 7) is 23.9. The number of rotatable bonds is 1.